The number of rotatable bonds is 6. The molecule has 0 saturated heterocycles. The fraction of sp³-hybridized carbons (Fsp3) is 0.300. The molecule has 8 heteroatoms. The summed E-state index contributed by atoms with van der Waals surface area (Å²) in [4.78, 5) is 24.1. The van der Waals surface area contributed by atoms with Crippen molar-refractivity contribution < 1.29 is 23.5 Å². The highest BCUT2D eigenvalue weighted by Gasteiger charge is 2.49. The van der Waals surface area contributed by atoms with E-state index in [0.717, 1.165) is 6.07 Å². The normalized spacial score (nSPS) is 21.1. The van der Waals surface area contributed by atoms with Gasteiger partial charge in [0.2, 0.25) is 0 Å². The Morgan fingerprint density at radius 2 is 1.89 bits per heavy atom. The van der Waals surface area contributed by atoms with Crippen LogP contribution >= 0.6 is 23.4 Å². The largest absolute Gasteiger partial charge is 0.481 e. The molecule has 2 aromatic rings. The van der Waals surface area contributed by atoms with Gasteiger partial charge in [0.15, 0.2) is 0 Å². The fourth-order valence-corrected chi connectivity index (χ4v) is 4.92. The van der Waals surface area contributed by atoms with Gasteiger partial charge in [0, 0.05) is 21.4 Å². The molecule has 1 fully saturated rings. The van der Waals surface area contributed by atoms with Crippen LogP contribution in [0.2, 0.25) is 5.02 Å². The molecule has 2 aromatic carbocycles. The Balaban J connectivity index is 1.70. The number of benzene rings is 2. The second kappa shape index (κ2) is 8.09. The van der Waals surface area contributed by atoms with E-state index >= 15 is 0 Å². The van der Waals surface area contributed by atoms with Crippen LogP contribution in [0.25, 0.3) is 0 Å². The SMILES string of the molecule is CC[C@]1(C(=O)O)C[C@H](Sc2cc(C(=O)Nc3ccc(F)c(Cl)c3)ccc2F)C1. The second-order valence-electron chi connectivity index (χ2n) is 6.82. The Labute approximate surface area is 170 Å². The van der Waals surface area contributed by atoms with Crippen LogP contribution in [0.5, 0.6) is 0 Å². The molecule has 2 N–H and O–H groups in total. The maximum Gasteiger partial charge on any atom is 0.309 e. The molecule has 0 unspecified atom stereocenters. The minimum atomic E-state index is -0.821. The van der Waals surface area contributed by atoms with E-state index in [0.29, 0.717) is 29.8 Å². The van der Waals surface area contributed by atoms with Gasteiger partial charge in [-0.05, 0) is 55.7 Å². The number of halogens is 3. The lowest BCUT2D eigenvalue weighted by Crippen LogP contribution is -2.45. The van der Waals surface area contributed by atoms with E-state index < -0.39 is 28.9 Å². The van der Waals surface area contributed by atoms with Crippen molar-refractivity contribution in [1.82, 2.24) is 0 Å². The topological polar surface area (TPSA) is 66.4 Å². The summed E-state index contributed by atoms with van der Waals surface area (Å²) in [5.74, 6) is -2.36. The number of amides is 1. The number of anilines is 1. The summed E-state index contributed by atoms with van der Waals surface area (Å²) >= 11 is 6.95. The molecule has 0 atom stereocenters. The van der Waals surface area contributed by atoms with Crippen LogP contribution in [0.4, 0.5) is 14.5 Å². The molecule has 148 valence electrons. The van der Waals surface area contributed by atoms with Gasteiger partial charge in [0.05, 0.1) is 10.4 Å². The van der Waals surface area contributed by atoms with E-state index in [1.807, 2.05) is 6.92 Å². The lowest BCUT2D eigenvalue weighted by molar-refractivity contribution is -0.154. The predicted molar refractivity (Wildman–Crippen MR) is 105 cm³/mol. The van der Waals surface area contributed by atoms with Crippen molar-refractivity contribution in [3.8, 4) is 0 Å². The molecule has 0 aliphatic heterocycles. The van der Waals surface area contributed by atoms with Crippen LogP contribution in [0.1, 0.15) is 36.5 Å². The Morgan fingerprint density at radius 1 is 1.21 bits per heavy atom. The van der Waals surface area contributed by atoms with E-state index in [2.05, 4.69) is 5.32 Å². The molecular weight excluding hydrogens is 408 g/mol. The highest BCUT2D eigenvalue weighted by Crippen LogP contribution is 2.51. The van der Waals surface area contributed by atoms with Gasteiger partial charge >= 0.3 is 5.97 Å². The number of hydrogen-bond acceptors (Lipinski definition) is 3. The molecule has 28 heavy (non-hydrogen) atoms. The lowest BCUT2D eigenvalue weighted by Gasteiger charge is -2.43. The minimum Gasteiger partial charge on any atom is -0.481 e. The first kappa shape index (κ1) is 20.6. The van der Waals surface area contributed by atoms with Crippen molar-refractivity contribution in [2.75, 3.05) is 5.32 Å². The smallest absolute Gasteiger partial charge is 0.309 e. The quantitative estimate of drug-likeness (QED) is 0.631. The first-order chi connectivity index (χ1) is 13.2. The molecule has 0 spiro atoms. The van der Waals surface area contributed by atoms with E-state index in [4.69, 9.17) is 11.6 Å². The summed E-state index contributed by atoms with van der Waals surface area (Å²) in [6, 6.07) is 7.81. The summed E-state index contributed by atoms with van der Waals surface area (Å²) in [7, 11) is 0. The number of aliphatic carboxylic acids is 1. The van der Waals surface area contributed by atoms with Crippen molar-refractivity contribution >= 4 is 40.9 Å². The van der Waals surface area contributed by atoms with Crippen LogP contribution < -0.4 is 5.32 Å². The summed E-state index contributed by atoms with van der Waals surface area (Å²) in [5.41, 5.74) is -0.169. The predicted octanol–water partition coefficient (Wildman–Crippen LogP) is 5.61. The Hall–Kier alpha value is -2.12. The van der Waals surface area contributed by atoms with Crippen LogP contribution in [0, 0.1) is 17.0 Å². The zero-order valence-electron chi connectivity index (χ0n) is 15.0. The molecule has 1 aliphatic carbocycles. The fourth-order valence-electron chi connectivity index (χ4n) is 3.20. The maximum atomic E-state index is 14.2. The third-order valence-corrected chi connectivity index (χ3v) is 6.55. The molecule has 0 aromatic heterocycles. The monoisotopic (exact) mass is 425 g/mol. The average molecular weight is 426 g/mol. The lowest BCUT2D eigenvalue weighted by atomic mass is 9.67. The van der Waals surface area contributed by atoms with Gasteiger partial charge in [-0.1, -0.05) is 18.5 Å². The number of carboxylic acids is 1. The first-order valence-corrected chi connectivity index (χ1v) is 9.96. The van der Waals surface area contributed by atoms with Gasteiger partial charge < -0.3 is 10.4 Å². The van der Waals surface area contributed by atoms with Gasteiger partial charge in [-0.2, -0.15) is 0 Å². The molecular formula is C20H18ClF2NO3S. The van der Waals surface area contributed by atoms with Crippen molar-refractivity contribution in [2.24, 2.45) is 5.41 Å². The molecule has 0 radical (unpaired) electrons. The van der Waals surface area contributed by atoms with E-state index in [9.17, 15) is 23.5 Å². The number of thioether (sulfide) groups is 1. The zero-order chi connectivity index (χ0) is 20.5. The summed E-state index contributed by atoms with van der Waals surface area (Å²) in [5, 5.41) is 11.8. The van der Waals surface area contributed by atoms with Gasteiger partial charge in [-0.15, -0.1) is 11.8 Å². The molecule has 1 saturated carbocycles. The molecule has 0 heterocycles. The number of carboxylic acid groups (broad SMARTS) is 1. The van der Waals surface area contributed by atoms with Gasteiger partial charge in [0.25, 0.3) is 5.91 Å². The molecule has 1 aliphatic rings. The van der Waals surface area contributed by atoms with Gasteiger partial charge in [-0.3, -0.25) is 9.59 Å². The molecule has 0 bridgehead atoms. The molecule has 4 nitrogen and oxygen atoms in total. The third-order valence-electron chi connectivity index (χ3n) is 5.03. The van der Waals surface area contributed by atoms with Gasteiger partial charge in [0.1, 0.15) is 11.6 Å². The first-order valence-electron chi connectivity index (χ1n) is 8.70. The summed E-state index contributed by atoms with van der Waals surface area (Å²) in [6.45, 7) is 1.84. The van der Waals surface area contributed by atoms with E-state index in [1.165, 1.54) is 42.1 Å². The summed E-state index contributed by atoms with van der Waals surface area (Å²) < 4.78 is 27.4. The van der Waals surface area contributed by atoms with Crippen molar-refractivity contribution in [3.05, 3.63) is 58.6 Å². The van der Waals surface area contributed by atoms with Crippen molar-refractivity contribution in [2.45, 2.75) is 36.3 Å². The second-order valence-corrected chi connectivity index (χ2v) is 8.56. The Kier molecular flexibility index (Phi) is 5.95. The standard InChI is InChI=1S/C20H18ClF2NO3S/c1-2-20(19(26)27)9-13(10-20)28-17-7-11(3-5-16(17)23)18(25)24-12-4-6-15(22)14(21)8-12/h3-8,13H,2,9-10H2,1H3,(H,24,25)(H,26,27)/t13-,20-. The number of carbonyl (C=O) groups is 2. The highest BCUT2D eigenvalue weighted by atomic mass is 35.5. The third kappa shape index (κ3) is 4.15. The summed E-state index contributed by atoms with van der Waals surface area (Å²) in [6.07, 6.45) is 1.46. The Morgan fingerprint density at radius 3 is 2.50 bits per heavy atom. The van der Waals surface area contributed by atoms with Crippen LogP contribution in [-0.4, -0.2) is 22.2 Å². The average Bonchev–Trinajstić information content (AvgIpc) is 2.62. The van der Waals surface area contributed by atoms with Gasteiger partial charge in [-0.25, -0.2) is 8.78 Å². The Bertz CT molecular complexity index is 932. The zero-order valence-corrected chi connectivity index (χ0v) is 16.5. The van der Waals surface area contributed by atoms with E-state index in [-0.39, 0.29) is 15.8 Å². The minimum absolute atomic E-state index is 0.0141. The molecule has 3 rings (SSSR count). The van der Waals surface area contributed by atoms with Crippen LogP contribution in [-0.2, 0) is 4.79 Å². The number of nitrogens with one attached hydrogen (secondary N) is 1. The van der Waals surface area contributed by atoms with Crippen molar-refractivity contribution in [1.29, 1.82) is 0 Å². The highest BCUT2D eigenvalue weighted by molar-refractivity contribution is 8.00. The maximum absolute atomic E-state index is 14.2. The molecule has 1 amide bonds. The number of carbonyl (C=O) groups excluding carboxylic acids is 1. The van der Waals surface area contributed by atoms with Crippen LogP contribution in [0.15, 0.2) is 41.3 Å². The van der Waals surface area contributed by atoms with Crippen molar-refractivity contribution in [3.63, 3.8) is 0 Å². The van der Waals surface area contributed by atoms with E-state index in [1.54, 1.807) is 0 Å². The van der Waals surface area contributed by atoms with Crippen LogP contribution in [0.3, 0.4) is 0 Å². The number of hydrogen-bond donors (Lipinski definition) is 2.